The number of carbonyl (C=O) groups excluding carboxylic acids is 1. The minimum Gasteiger partial charge on any atom is -0.337 e. The summed E-state index contributed by atoms with van der Waals surface area (Å²) in [5, 5.41) is 16.7. The molecule has 1 aromatic heterocycles. The zero-order valence-electron chi connectivity index (χ0n) is 14.5. The van der Waals surface area contributed by atoms with E-state index in [2.05, 4.69) is 16.5 Å². The van der Waals surface area contributed by atoms with E-state index in [-0.39, 0.29) is 12.5 Å². The summed E-state index contributed by atoms with van der Waals surface area (Å²) < 4.78 is 1.83. The summed E-state index contributed by atoms with van der Waals surface area (Å²) in [4.78, 5) is 14.2. The van der Waals surface area contributed by atoms with Gasteiger partial charge in [-0.15, -0.1) is 0 Å². The first-order valence-electron chi connectivity index (χ1n) is 8.60. The third-order valence-electron chi connectivity index (χ3n) is 4.57. The molecule has 130 valence electrons. The van der Waals surface area contributed by atoms with Gasteiger partial charge in [0.2, 0.25) is 5.91 Å². The number of nitrogens with one attached hydrogen (secondary N) is 1. The summed E-state index contributed by atoms with van der Waals surface area (Å²) >= 11 is 0. The van der Waals surface area contributed by atoms with Crippen LogP contribution in [0.1, 0.15) is 31.2 Å². The molecule has 0 saturated heterocycles. The van der Waals surface area contributed by atoms with E-state index < -0.39 is 5.54 Å². The maximum Gasteiger partial charge on any atom is 0.235 e. The largest absolute Gasteiger partial charge is 0.337 e. The Balaban J connectivity index is 1.54. The molecule has 1 N–H and O–H groups in total. The Labute approximate surface area is 148 Å². The van der Waals surface area contributed by atoms with Gasteiger partial charge in [0.05, 0.1) is 24.5 Å². The lowest BCUT2D eigenvalue weighted by molar-refractivity contribution is -0.123. The molecule has 0 atom stereocenters. The van der Waals surface area contributed by atoms with Gasteiger partial charge in [0, 0.05) is 18.3 Å². The van der Waals surface area contributed by atoms with Crippen LogP contribution in [0.3, 0.4) is 0 Å². The van der Waals surface area contributed by atoms with Crippen LogP contribution in [0, 0.1) is 11.3 Å². The molecule has 1 heterocycles. The molecule has 0 unspecified atom stereocenters. The molecule has 0 aliphatic heterocycles. The van der Waals surface area contributed by atoms with Gasteiger partial charge in [0.1, 0.15) is 5.54 Å². The molecular weight excluding hydrogens is 314 g/mol. The number of nitriles is 1. The lowest BCUT2D eigenvalue weighted by Crippen LogP contribution is -2.48. The molecule has 2 aromatic rings. The van der Waals surface area contributed by atoms with E-state index in [9.17, 15) is 10.1 Å². The number of para-hydroxylation sites is 1. The zero-order chi connectivity index (χ0) is 17.7. The van der Waals surface area contributed by atoms with Gasteiger partial charge in [-0.3, -0.25) is 9.69 Å². The van der Waals surface area contributed by atoms with Crippen molar-refractivity contribution in [2.75, 3.05) is 13.6 Å². The number of rotatable bonds is 6. The van der Waals surface area contributed by atoms with Gasteiger partial charge in [0.25, 0.3) is 0 Å². The van der Waals surface area contributed by atoms with Crippen molar-refractivity contribution in [1.82, 2.24) is 20.0 Å². The first kappa shape index (κ1) is 17.2. The predicted octanol–water partition coefficient (Wildman–Crippen LogP) is 2.26. The van der Waals surface area contributed by atoms with Gasteiger partial charge in [-0.05, 0) is 44.9 Å². The topological polar surface area (TPSA) is 74.0 Å². The lowest BCUT2D eigenvalue weighted by Gasteiger charge is -2.24. The van der Waals surface area contributed by atoms with Crippen LogP contribution in [0.4, 0.5) is 0 Å². The van der Waals surface area contributed by atoms with Gasteiger partial charge in [-0.2, -0.15) is 10.4 Å². The zero-order valence-corrected chi connectivity index (χ0v) is 14.5. The normalized spacial score (nSPS) is 15.9. The minimum atomic E-state index is -0.657. The van der Waals surface area contributed by atoms with Crippen LogP contribution in [0.15, 0.2) is 42.7 Å². The van der Waals surface area contributed by atoms with Crippen molar-refractivity contribution in [3.8, 4) is 11.8 Å². The maximum atomic E-state index is 12.3. The van der Waals surface area contributed by atoms with Crippen molar-refractivity contribution in [1.29, 1.82) is 5.26 Å². The second-order valence-corrected chi connectivity index (χ2v) is 6.75. The maximum absolute atomic E-state index is 12.3. The fourth-order valence-corrected chi connectivity index (χ4v) is 3.33. The van der Waals surface area contributed by atoms with Crippen LogP contribution in [-0.2, 0) is 11.3 Å². The molecule has 3 rings (SSSR count). The molecular formula is C19H23N5O. The van der Waals surface area contributed by atoms with Crippen LogP contribution in [0.2, 0.25) is 0 Å². The number of benzene rings is 1. The van der Waals surface area contributed by atoms with Gasteiger partial charge < -0.3 is 5.32 Å². The standard InChI is InChI=1S/C19H23N5O/c1-23(14-18(25)22-19(15-20)9-5-6-10-19)12-16-11-21-24(13-16)17-7-3-2-4-8-17/h2-4,7-8,11,13H,5-6,9-10,12,14H2,1H3,(H,22,25). The Hall–Kier alpha value is -2.65. The highest BCUT2D eigenvalue weighted by Crippen LogP contribution is 2.28. The van der Waals surface area contributed by atoms with E-state index >= 15 is 0 Å². The lowest BCUT2D eigenvalue weighted by atomic mass is 10.00. The van der Waals surface area contributed by atoms with Crippen molar-refractivity contribution < 1.29 is 4.79 Å². The minimum absolute atomic E-state index is 0.0959. The van der Waals surface area contributed by atoms with Crippen molar-refractivity contribution in [2.45, 2.75) is 37.8 Å². The monoisotopic (exact) mass is 337 g/mol. The van der Waals surface area contributed by atoms with E-state index in [0.29, 0.717) is 6.54 Å². The van der Waals surface area contributed by atoms with Crippen LogP contribution >= 0.6 is 0 Å². The first-order chi connectivity index (χ1) is 12.1. The number of likely N-dealkylation sites (N-methyl/N-ethyl adjacent to an activating group) is 1. The summed E-state index contributed by atoms with van der Waals surface area (Å²) in [5.41, 5.74) is 1.39. The molecule has 1 aliphatic rings. The highest BCUT2D eigenvalue weighted by atomic mass is 16.2. The number of nitrogens with zero attached hydrogens (tertiary/aromatic N) is 4. The fraction of sp³-hybridized carbons (Fsp3) is 0.421. The van der Waals surface area contributed by atoms with E-state index in [1.165, 1.54) is 0 Å². The highest BCUT2D eigenvalue weighted by molar-refractivity contribution is 5.79. The Morgan fingerprint density at radius 3 is 2.76 bits per heavy atom. The first-order valence-corrected chi connectivity index (χ1v) is 8.60. The highest BCUT2D eigenvalue weighted by Gasteiger charge is 2.35. The fourth-order valence-electron chi connectivity index (χ4n) is 3.33. The Morgan fingerprint density at radius 2 is 2.08 bits per heavy atom. The molecule has 1 fully saturated rings. The number of carbonyl (C=O) groups is 1. The van der Waals surface area contributed by atoms with Crippen molar-refractivity contribution in [2.24, 2.45) is 0 Å². The Morgan fingerprint density at radius 1 is 1.36 bits per heavy atom. The van der Waals surface area contributed by atoms with E-state index in [1.54, 1.807) is 0 Å². The van der Waals surface area contributed by atoms with Crippen LogP contribution in [0.5, 0.6) is 0 Å². The van der Waals surface area contributed by atoms with E-state index in [4.69, 9.17) is 0 Å². The summed E-state index contributed by atoms with van der Waals surface area (Å²) in [6, 6.07) is 12.2. The molecule has 0 bridgehead atoms. The SMILES string of the molecule is CN(CC(=O)NC1(C#N)CCCC1)Cc1cnn(-c2ccccc2)c1. The third kappa shape index (κ3) is 4.25. The molecule has 1 aliphatic carbocycles. The average molecular weight is 337 g/mol. The van der Waals surface area contributed by atoms with Gasteiger partial charge in [-0.25, -0.2) is 4.68 Å². The molecule has 1 amide bonds. The van der Waals surface area contributed by atoms with Gasteiger partial charge >= 0.3 is 0 Å². The van der Waals surface area contributed by atoms with Gasteiger partial charge in [0.15, 0.2) is 0 Å². The molecule has 6 heteroatoms. The Bertz CT molecular complexity index is 756. The van der Waals surface area contributed by atoms with Crippen LogP contribution in [-0.4, -0.2) is 39.7 Å². The van der Waals surface area contributed by atoms with E-state index in [1.807, 2.05) is 59.4 Å². The number of hydrogen-bond donors (Lipinski definition) is 1. The molecule has 6 nitrogen and oxygen atoms in total. The quantitative estimate of drug-likeness (QED) is 0.877. The number of amides is 1. The molecule has 1 aromatic carbocycles. The average Bonchev–Trinajstić information content (AvgIpc) is 3.25. The molecule has 0 radical (unpaired) electrons. The van der Waals surface area contributed by atoms with Crippen molar-refractivity contribution in [3.05, 3.63) is 48.3 Å². The van der Waals surface area contributed by atoms with Crippen molar-refractivity contribution >= 4 is 5.91 Å². The summed E-state index contributed by atoms with van der Waals surface area (Å²) in [6.07, 6.45) is 7.29. The van der Waals surface area contributed by atoms with Crippen LogP contribution in [0.25, 0.3) is 5.69 Å². The Kier molecular flexibility index (Phi) is 5.15. The molecule has 0 spiro atoms. The molecule has 25 heavy (non-hydrogen) atoms. The molecule has 1 saturated carbocycles. The van der Waals surface area contributed by atoms with Gasteiger partial charge in [-0.1, -0.05) is 18.2 Å². The number of hydrogen-bond acceptors (Lipinski definition) is 4. The smallest absolute Gasteiger partial charge is 0.235 e. The van der Waals surface area contributed by atoms with Crippen LogP contribution < -0.4 is 5.32 Å². The van der Waals surface area contributed by atoms with Crippen molar-refractivity contribution in [3.63, 3.8) is 0 Å². The summed E-state index contributed by atoms with van der Waals surface area (Å²) in [6.45, 7) is 0.889. The third-order valence-corrected chi connectivity index (χ3v) is 4.57. The number of aromatic nitrogens is 2. The predicted molar refractivity (Wildman–Crippen MR) is 94.9 cm³/mol. The summed E-state index contributed by atoms with van der Waals surface area (Å²) in [5.74, 6) is -0.0959. The van der Waals surface area contributed by atoms with E-state index in [0.717, 1.165) is 36.9 Å². The summed E-state index contributed by atoms with van der Waals surface area (Å²) in [7, 11) is 1.90. The second kappa shape index (κ2) is 7.49. The second-order valence-electron chi connectivity index (χ2n) is 6.75.